The number of benzene rings is 1. The normalized spacial score (nSPS) is 17.8. The van der Waals surface area contributed by atoms with Crippen molar-refractivity contribution in [3.63, 3.8) is 0 Å². The number of aliphatic imine (C=N–C) groups is 1. The Labute approximate surface area is 185 Å². The number of alkyl halides is 3. The molecule has 1 aliphatic rings. The average Bonchev–Trinajstić information content (AvgIpc) is 3.11. The van der Waals surface area contributed by atoms with E-state index < -0.39 is 11.7 Å². The van der Waals surface area contributed by atoms with Crippen molar-refractivity contribution in [1.29, 1.82) is 0 Å². The maximum atomic E-state index is 12.9. The molecule has 1 aliphatic heterocycles. The number of nitrogens with one attached hydrogen (secondary N) is 1. The van der Waals surface area contributed by atoms with Crippen LogP contribution >= 0.6 is 24.0 Å². The quantitative estimate of drug-likeness (QED) is 0.378. The molecule has 1 aromatic carbocycles. The molecule has 0 saturated carbocycles. The lowest BCUT2D eigenvalue weighted by Gasteiger charge is -2.34. The van der Waals surface area contributed by atoms with Crippen molar-refractivity contribution in [3.05, 3.63) is 53.3 Å². The monoisotopic (exact) mass is 523 g/mol. The van der Waals surface area contributed by atoms with E-state index in [0.717, 1.165) is 17.7 Å². The summed E-state index contributed by atoms with van der Waals surface area (Å²) in [5.74, 6) is 0.664. The minimum Gasteiger partial charge on any atom is -0.370 e. The molecule has 0 spiro atoms. The highest BCUT2D eigenvalue weighted by atomic mass is 127. The number of nitrogens with zero attached hydrogens (tertiary/aromatic N) is 4. The van der Waals surface area contributed by atoms with Gasteiger partial charge >= 0.3 is 6.18 Å². The van der Waals surface area contributed by atoms with E-state index in [1.54, 1.807) is 16.9 Å². The second-order valence-corrected chi connectivity index (χ2v) is 6.62. The molecule has 1 fully saturated rings. The van der Waals surface area contributed by atoms with Gasteiger partial charge in [0.25, 0.3) is 0 Å². The number of aryl methyl sites for hydroxylation is 1. The topological polar surface area (TPSA) is 54.7 Å². The summed E-state index contributed by atoms with van der Waals surface area (Å²) >= 11 is 0. The molecule has 1 aromatic heterocycles. The van der Waals surface area contributed by atoms with Gasteiger partial charge in [0.05, 0.1) is 31.5 Å². The van der Waals surface area contributed by atoms with E-state index >= 15 is 0 Å². The molecule has 10 heteroatoms. The highest BCUT2D eigenvalue weighted by Gasteiger charge is 2.30. The summed E-state index contributed by atoms with van der Waals surface area (Å²) in [6, 6.07) is 5.28. The molecule has 2 heterocycles. The fourth-order valence-corrected chi connectivity index (χ4v) is 3.09. The maximum Gasteiger partial charge on any atom is 0.416 e. The highest BCUT2D eigenvalue weighted by Crippen LogP contribution is 2.29. The molecule has 1 atom stereocenters. The highest BCUT2D eigenvalue weighted by molar-refractivity contribution is 14.0. The van der Waals surface area contributed by atoms with Gasteiger partial charge in [-0.1, -0.05) is 12.1 Å². The lowest BCUT2D eigenvalue weighted by molar-refractivity contribution is -0.137. The molecule has 0 aliphatic carbocycles. The lowest BCUT2D eigenvalue weighted by Crippen LogP contribution is -2.48. The smallest absolute Gasteiger partial charge is 0.370 e. The zero-order valence-electron chi connectivity index (χ0n) is 16.3. The van der Waals surface area contributed by atoms with Gasteiger partial charge < -0.3 is 15.0 Å². The third kappa shape index (κ3) is 6.33. The Balaban J connectivity index is 0.00000300. The molecule has 3 rings (SSSR count). The maximum absolute atomic E-state index is 12.9. The van der Waals surface area contributed by atoms with Crippen molar-refractivity contribution in [2.75, 3.05) is 26.2 Å². The van der Waals surface area contributed by atoms with Crippen molar-refractivity contribution >= 4 is 29.9 Å². The van der Waals surface area contributed by atoms with Gasteiger partial charge in [0.2, 0.25) is 0 Å². The summed E-state index contributed by atoms with van der Waals surface area (Å²) in [6.45, 7) is 4.58. The SMILES string of the molecule is CCNC(=NCc1cccc(C(F)(F)F)c1)N1CCOC(c2cnn(C)c2)C1.I. The van der Waals surface area contributed by atoms with Crippen LogP contribution in [0.5, 0.6) is 0 Å². The van der Waals surface area contributed by atoms with Crippen molar-refractivity contribution in [2.45, 2.75) is 25.7 Å². The van der Waals surface area contributed by atoms with E-state index in [1.165, 1.54) is 6.07 Å². The third-order valence-electron chi connectivity index (χ3n) is 4.46. The minimum atomic E-state index is -4.36. The fourth-order valence-electron chi connectivity index (χ4n) is 3.09. The fraction of sp³-hybridized carbons (Fsp3) is 0.474. The molecule has 29 heavy (non-hydrogen) atoms. The predicted molar refractivity (Wildman–Crippen MR) is 115 cm³/mol. The lowest BCUT2D eigenvalue weighted by atomic mass is 10.1. The number of morpholine rings is 1. The number of ether oxygens (including phenoxy) is 1. The Kier molecular flexibility index (Phi) is 8.32. The first-order valence-corrected chi connectivity index (χ1v) is 9.16. The van der Waals surface area contributed by atoms with Crippen molar-refractivity contribution < 1.29 is 17.9 Å². The van der Waals surface area contributed by atoms with Gasteiger partial charge in [0.15, 0.2) is 5.96 Å². The zero-order chi connectivity index (χ0) is 20.1. The van der Waals surface area contributed by atoms with E-state index in [1.807, 2.05) is 20.2 Å². The van der Waals surface area contributed by atoms with E-state index in [-0.39, 0.29) is 36.6 Å². The Morgan fingerprint density at radius 3 is 2.83 bits per heavy atom. The van der Waals surface area contributed by atoms with Gasteiger partial charge in [0.1, 0.15) is 6.10 Å². The van der Waals surface area contributed by atoms with Crippen LogP contribution in [-0.4, -0.2) is 46.9 Å². The van der Waals surface area contributed by atoms with E-state index in [2.05, 4.69) is 20.3 Å². The van der Waals surface area contributed by atoms with E-state index in [0.29, 0.717) is 37.8 Å². The van der Waals surface area contributed by atoms with Crippen LogP contribution in [0.3, 0.4) is 0 Å². The Morgan fingerprint density at radius 2 is 2.17 bits per heavy atom. The molecule has 2 aromatic rings. The molecule has 1 unspecified atom stereocenters. The van der Waals surface area contributed by atoms with E-state index in [9.17, 15) is 13.2 Å². The Hall–Kier alpha value is -1.82. The summed E-state index contributed by atoms with van der Waals surface area (Å²) in [7, 11) is 1.85. The predicted octanol–water partition coefficient (Wildman–Crippen LogP) is 3.60. The Morgan fingerprint density at radius 1 is 1.38 bits per heavy atom. The second kappa shape index (κ2) is 10.3. The molecule has 160 valence electrons. The molecular formula is C19H25F3IN5O. The number of aromatic nitrogens is 2. The van der Waals surface area contributed by atoms with Crippen LogP contribution in [-0.2, 0) is 24.5 Å². The molecular weight excluding hydrogens is 498 g/mol. The van der Waals surface area contributed by atoms with Crippen LogP contribution in [0.1, 0.15) is 29.7 Å². The molecule has 0 bridgehead atoms. The first-order valence-electron chi connectivity index (χ1n) is 9.16. The van der Waals surface area contributed by atoms with Crippen LogP contribution in [0.2, 0.25) is 0 Å². The Bertz CT molecular complexity index is 824. The van der Waals surface area contributed by atoms with Crippen LogP contribution in [0, 0.1) is 0 Å². The van der Waals surface area contributed by atoms with Crippen LogP contribution in [0.25, 0.3) is 0 Å². The summed E-state index contributed by atoms with van der Waals surface area (Å²) in [5, 5.41) is 7.40. The van der Waals surface area contributed by atoms with Crippen LogP contribution < -0.4 is 5.32 Å². The largest absolute Gasteiger partial charge is 0.416 e. The van der Waals surface area contributed by atoms with Gasteiger partial charge in [-0.2, -0.15) is 18.3 Å². The summed E-state index contributed by atoms with van der Waals surface area (Å²) in [5.41, 5.74) is 0.844. The van der Waals surface area contributed by atoms with Gasteiger partial charge in [-0.3, -0.25) is 4.68 Å². The molecule has 6 nitrogen and oxygen atoms in total. The van der Waals surface area contributed by atoms with Crippen LogP contribution in [0.15, 0.2) is 41.7 Å². The van der Waals surface area contributed by atoms with E-state index in [4.69, 9.17) is 4.74 Å². The average molecular weight is 523 g/mol. The number of hydrogen-bond acceptors (Lipinski definition) is 3. The van der Waals surface area contributed by atoms with Crippen molar-refractivity contribution in [3.8, 4) is 0 Å². The van der Waals surface area contributed by atoms with Crippen molar-refractivity contribution in [2.24, 2.45) is 12.0 Å². The van der Waals surface area contributed by atoms with Gasteiger partial charge in [0, 0.05) is 31.9 Å². The standard InChI is InChI=1S/C19H24F3N5O.HI/c1-3-23-18(24-10-14-5-4-6-16(9-14)19(20,21)22)27-7-8-28-17(13-27)15-11-25-26(2)12-15;/h4-6,9,11-12,17H,3,7-8,10,13H2,1-2H3,(H,23,24);1H. The molecule has 0 amide bonds. The van der Waals surface area contributed by atoms with Gasteiger partial charge in [-0.05, 0) is 24.6 Å². The molecule has 0 radical (unpaired) electrons. The molecule has 1 saturated heterocycles. The van der Waals surface area contributed by atoms with Crippen molar-refractivity contribution in [1.82, 2.24) is 20.0 Å². The zero-order valence-corrected chi connectivity index (χ0v) is 18.6. The second-order valence-electron chi connectivity index (χ2n) is 6.62. The number of halogens is 4. The third-order valence-corrected chi connectivity index (χ3v) is 4.46. The van der Waals surface area contributed by atoms with Gasteiger partial charge in [-0.25, -0.2) is 4.99 Å². The number of rotatable bonds is 4. The number of hydrogen-bond donors (Lipinski definition) is 1. The molecule has 1 N–H and O–H groups in total. The first kappa shape index (κ1) is 23.5. The number of guanidine groups is 1. The van der Waals surface area contributed by atoms with Gasteiger partial charge in [-0.15, -0.1) is 24.0 Å². The minimum absolute atomic E-state index is 0. The summed E-state index contributed by atoms with van der Waals surface area (Å²) in [4.78, 5) is 6.62. The summed E-state index contributed by atoms with van der Waals surface area (Å²) < 4.78 is 46.3. The summed E-state index contributed by atoms with van der Waals surface area (Å²) in [6.07, 6.45) is -0.785. The van der Waals surface area contributed by atoms with Crippen LogP contribution in [0.4, 0.5) is 13.2 Å². The first-order chi connectivity index (χ1) is 13.4.